The summed E-state index contributed by atoms with van der Waals surface area (Å²) in [5.41, 5.74) is 1.19. The van der Waals surface area contributed by atoms with Gasteiger partial charge in [-0.1, -0.05) is 30.3 Å². The molecule has 0 spiro atoms. The van der Waals surface area contributed by atoms with Gasteiger partial charge in [0.1, 0.15) is 6.10 Å². The van der Waals surface area contributed by atoms with Crippen LogP contribution >= 0.6 is 0 Å². The summed E-state index contributed by atoms with van der Waals surface area (Å²) in [6.07, 6.45) is -0.373. The molecule has 1 aliphatic rings. The molecular weight excluding hydrogens is 254 g/mol. The Morgan fingerprint density at radius 1 is 1.45 bits per heavy atom. The standard InChI is InChI=1S/C15H23N3O2/c1-18(2)13(12-6-4-3-5-7-12)10-17-15(19)14-11-16-8-9-20-14/h3-7,13-14,16H,8-11H2,1-2H3,(H,17,19). The smallest absolute Gasteiger partial charge is 0.250 e. The molecule has 0 bridgehead atoms. The summed E-state index contributed by atoms with van der Waals surface area (Å²) < 4.78 is 5.45. The maximum atomic E-state index is 12.1. The molecule has 5 heteroatoms. The van der Waals surface area contributed by atoms with Gasteiger partial charge in [0.25, 0.3) is 5.91 Å². The number of amides is 1. The van der Waals surface area contributed by atoms with Crippen molar-refractivity contribution in [3.8, 4) is 0 Å². The van der Waals surface area contributed by atoms with Crippen LogP contribution in [0.25, 0.3) is 0 Å². The minimum atomic E-state index is -0.373. The Bertz CT molecular complexity index is 416. The number of hydrogen-bond donors (Lipinski definition) is 2. The number of likely N-dealkylation sites (N-methyl/N-ethyl adjacent to an activating group) is 1. The Balaban J connectivity index is 1.91. The molecule has 1 fully saturated rings. The van der Waals surface area contributed by atoms with Gasteiger partial charge in [0, 0.05) is 19.6 Å². The highest BCUT2D eigenvalue weighted by molar-refractivity contribution is 5.81. The third-order valence-corrected chi connectivity index (χ3v) is 3.50. The van der Waals surface area contributed by atoms with Crippen molar-refractivity contribution < 1.29 is 9.53 Å². The van der Waals surface area contributed by atoms with Crippen molar-refractivity contribution in [2.24, 2.45) is 0 Å². The molecule has 2 atom stereocenters. The number of carbonyl (C=O) groups excluding carboxylic acids is 1. The van der Waals surface area contributed by atoms with Crippen molar-refractivity contribution in [2.75, 3.05) is 40.3 Å². The summed E-state index contributed by atoms with van der Waals surface area (Å²) in [7, 11) is 4.03. The highest BCUT2D eigenvalue weighted by Gasteiger charge is 2.23. The lowest BCUT2D eigenvalue weighted by atomic mass is 10.1. The molecule has 0 aromatic heterocycles. The number of morpholine rings is 1. The van der Waals surface area contributed by atoms with Gasteiger partial charge in [-0.15, -0.1) is 0 Å². The van der Waals surface area contributed by atoms with E-state index in [-0.39, 0.29) is 18.1 Å². The van der Waals surface area contributed by atoms with E-state index < -0.39 is 0 Å². The lowest BCUT2D eigenvalue weighted by Gasteiger charge is -2.27. The Morgan fingerprint density at radius 3 is 2.80 bits per heavy atom. The number of benzene rings is 1. The summed E-state index contributed by atoms with van der Waals surface area (Å²) in [5.74, 6) is -0.0417. The second kappa shape index (κ2) is 7.38. The first-order valence-corrected chi connectivity index (χ1v) is 7.00. The van der Waals surface area contributed by atoms with Gasteiger partial charge < -0.3 is 20.3 Å². The van der Waals surface area contributed by atoms with Crippen LogP contribution in [0.15, 0.2) is 30.3 Å². The van der Waals surface area contributed by atoms with Crippen molar-refractivity contribution in [1.29, 1.82) is 0 Å². The van der Waals surface area contributed by atoms with Gasteiger partial charge in [-0.2, -0.15) is 0 Å². The van der Waals surface area contributed by atoms with Crippen molar-refractivity contribution in [1.82, 2.24) is 15.5 Å². The van der Waals surface area contributed by atoms with E-state index in [2.05, 4.69) is 27.7 Å². The summed E-state index contributed by atoms with van der Waals surface area (Å²) >= 11 is 0. The molecule has 1 aliphatic heterocycles. The first-order chi connectivity index (χ1) is 9.68. The number of nitrogens with one attached hydrogen (secondary N) is 2. The molecule has 0 aliphatic carbocycles. The van der Waals surface area contributed by atoms with Crippen LogP contribution in [-0.4, -0.2) is 57.2 Å². The third-order valence-electron chi connectivity index (χ3n) is 3.50. The molecule has 110 valence electrons. The fraction of sp³-hybridized carbons (Fsp3) is 0.533. The Hall–Kier alpha value is -1.43. The van der Waals surface area contributed by atoms with Crippen LogP contribution in [0.4, 0.5) is 0 Å². The normalized spacial score (nSPS) is 20.6. The molecule has 2 N–H and O–H groups in total. The average Bonchev–Trinajstić information content (AvgIpc) is 2.49. The number of hydrogen-bond acceptors (Lipinski definition) is 4. The lowest BCUT2D eigenvalue weighted by Crippen LogP contribution is -2.49. The lowest BCUT2D eigenvalue weighted by molar-refractivity contribution is -0.134. The van der Waals surface area contributed by atoms with Crippen LogP contribution in [0.5, 0.6) is 0 Å². The zero-order valence-corrected chi connectivity index (χ0v) is 12.1. The predicted octanol–water partition coefficient (Wildman–Crippen LogP) is 0.394. The zero-order chi connectivity index (χ0) is 14.4. The van der Waals surface area contributed by atoms with Crippen LogP contribution in [-0.2, 0) is 9.53 Å². The van der Waals surface area contributed by atoms with Gasteiger partial charge in [-0.3, -0.25) is 4.79 Å². The fourth-order valence-electron chi connectivity index (χ4n) is 2.32. The quantitative estimate of drug-likeness (QED) is 0.818. The molecule has 5 nitrogen and oxygen atoms in total. The molecule has 20 heavy (non-hydrogen) atoms. The Morgan fingerprint density at radius 2 is 2.20 bits per heavy atom. The fourth-order valence-corrected chi connectivity index (χ4v) is 2.32. The van der Waals surface area contributed by atoms with Crippen LogP contribution < -0.4 is 10.6 Å². The van der Waals surface area contributed by atoms with E-state index >= 15 is 0 Å². The number of ether oxygens (including phenoxy) is 1. The molecule has 1 amide bonds. The molecular formula is C15H23N3O2. The summed E-state index contributed by atoms with van der Waals surface area (Å²) in [4.78, 5) is 14.2. The van der Waals surface area contributed by atoms with Gasteiger partial charge in [0.05, 0.1) is 12.6 Å². The highest BCUT2D eigenvalue weighted by Crippen LogP contribution is 2.16. The van der Waals surface area contributed by atoms with Gasteiger partial charge in [0.15, 0.2) is 0 Å². The molecule has 1 aromatic carbocycles. The third kappa shape index (κ3) is 4.03. The molecule has 0 saturated carbocycles. The van der Waals surface area contributed by atoms with Gasteiger partial charge >= 0.3 is 0 Å². The van der Waals surface area contributed by atoms with Crippen LogP contribution in [0, 0.1) is 0 Å². The van der Waals surface area contributed by atoms with Crippen LogP contribution in [0.3, 0.4) is 0 Å². The van der Waals surface area contributed by atoms with E-state index in [0.29, 0.717) is 19.7 Å². The first-order valence-electron chi connectivity index (χ1n) is 7.00. The van der Waals surface area contributed by atoms with E-state index in [1.807, 2.05) is 32.3 Å². The molecule has 2 rings (SSSR count). The van der Waals surface area contributed by atoms with Crippen molar-refractivity contribution in [3.63, 3.8) is 0 Å². The largest absolute Gasteiger partial charge is 0.366 e. The summed E-state index contributed by atoms with van der Waals surface area (Å²) in [6.45, 7) is 2.57. The highest BCUT2D eigenvalue weighted by atomic mass is 16.5. The number of carbonyl (C=O) groups is 1. The minimum absolute atomic E-state index is 0.0417. The van der Waals surface area contributed by atoms with E-state index in [9.17, 15) is 4.79 Å². The first kappa shape index (κ1) is 15.0. The second-order valence-electron chi connectivity index (χ2n) is 5.20. The van der Waals surface area contributed by atoms with E-state index in [4.69, 9.17) is 4.74 Å². The summed E-state index contributed by atoms with van der Waals surface area (Å²) in [5, 5.41) is 6.15. The second-order valence-corrected chi connectivity index (χ2v) is 5.20. The maximum Gasteiger partial charge on any atom is 0.250 e. The number of rotatable bonds is 5. The van der Waals surface area contributed by atoms with Gasteiger partial charge in [-0.25, -0.2) is 0 Å². The van der Waals surface area contributed by atoms with Gasteiger partial charge in [0.2, 0.25) is 0 Å². The Labute approximate surface area is 120 Å². The number of nitrogens with zero attached hydrogens (tertiary/aromatic N) is 1. The minimum Gasteiger partial charge on any atom is -0.366 e. The predicted molar refractivity (Wildman–Crippen MR) is 78.5 cm³/mol. The van der Waals surface area contributed by atoms with Crippen LogP contribution in [0.1, 0.15) is 11.6 Å². The van der Waals surface area contributed by atoms with Crippen molar-refractivity contribution in [3.05, 3.63) is 35.9 Å². The van der Waals surface area contributed by atoms with Crippen LogP contribution in [0.2, 0.25) is 0 Å². The zero-order valence-electron chi connectivity index (χ0n) is 12.1. The topological polar surface area (TPSA) is 53.6 Å². The maximum absolute atomic E-state index is 12.1. The van der Waals surface area contributed by atoms with E-state index in [0.717, 1.165) is 6.54 Å². The molecule has 0 radical (unpaired) electrons. The Kier molecular flexibility index (Phi) is 5.52. The molecule has 1 saturated heterocycles. The van der Waals surface area contributed by atoms with Crippen molar-refractivity contribution >= 4 is 5.91 Å². The van der Waals surface area contributed by atoms with Gasteiger partial charge in [-0.05, 0) is 19.7 Å². The van der Waals surface area contributed by atoms with E-state index in [1.165, 1.54) is 5.56 Å². The molecule has 2 unspecified atom stereocenters. The molecule has 1 aromatic rings. The monoisotopic (exact) mass is 277 g/mol. The average molecular weight is 277 g/mol. The molecule has 1 heterocycles. The van der Waals surface area contributed by atoms with E-state index in [1.54, 1.807) is 0 Å². The SMILES string of the molecule is CN(C)C(CNC(=O)C1CNCCO1)c1ccccc1. The summed E-state index contributed by atoms with van der Waals surface area (Å²) in [6, 6.07) is 10.3. The van der Waals surface area contributed by atoms with Crippen molar-refractivity contribution in [2.45, 2.75) is 12.1 Å².